The number of nitrogens with zero attached hydrogens (tertiary/aromatic N) is 2. The second-order valence-corrected chi connectivity index (χ2v) is 19.6. The van der Waals surface area contributed by atoms with Gasteiger partial charge in [-0.05, 0) is 107 Å². The van der Waals surface area contributed by atoms with Gasteiger partial charge in [0.05, 0.1) is 16.7 Å². The van der Waals surface area contributed by atoms with Gasteiger partial charge >= 0.3 is 5.97 Å². The molecular weight excluding hydrogens is 757 g/mol. The lowest BCUT2D eigenvalue weighted by Gasteiger charge is -2.17. The predicted octanol–water partition coefficient (Wildman–Crippen LogP) is 13.8. The fourth-order valence-electron chi connectivity index (χ4n) is 10.4. The maximum atomic E-state index is 13.8. The summed E-state index contributed by atoms with van der Waals surface area (Å²) < 4.78 is 5.78. The van der Waals surface area contributed by atoms with Gasteiger partial charge in [-0.25, -0.2) is 0 Å². The zero-order chi connectivity index (χ0) is 44.1. The molecule has 5 heterocycles. The number of aryl methyl sites for hydroxylation is 2. The predicted molar refractivity (Wildman–Crippen MR) is 250 cm³/mol. The second kappa shape index (κ2) is 20.2. The normalized spacial score (nSPS) is 19.8. The molecule has 2 N–H and O–H groups in total. The molecule has 0 saturated heterocycles. The molecule has 0 amide bonds. The Hall–Kier alpha value is -4.33. The molecule has 0 radical (unpaired) electrons. The van der Waals surface area contributed by atoms with Crippen LogP contribution in [0.4, 0.5) is 0 Å². The van der Waals surface area contributed by atoms with Crippen LogP contribution in [0.25, 0.3) is 22.1 Å². The van der Waals surface area contributed by atoms with E-state index in [1.54, 1.807) is 6.92 Å². The summed E-state index contributed by atoms with van der Waals surface area (Å²) in [6.07, 6.45) is 15.5. The number of ketones is 2. The Morgan fingerprint density at radius 1 is 0.787 bits per heavy atom. The summed E-state index contributed by atoms with van der Waals surface area (Å²) in [5.41, 5.74) is 12.3. The third kappa shape index (κ3) is 10.7. The van der Waals surface area contributed by atoms with Gasteiger partial charge in [0.2, 0.25) is 0 Å². The quantitative estimate of drug-likeness (QED) is 0.0706. The Morgan fingerprint density at radius 2 is 1.39 bits per heavy atom. The maximum Gasteiger partial charge on any atom is 0.306 e. The molecule has 61 heavy (non-hydrogen) atoms. The van der Waals surface area contributed by atoms with Crippen LogP contribution in [-0.4, -0.2) is 44.1 Å². The van der Waals surface area contributed by atoms with Crippen molar-refractivity contribution in [2.24, 2.45) is 17.8 Å². The Kier molecular flexibility index (Phi) is 15.3. The molecule has 0 saturated carbocycles. The number of H-pyrrole nitrogens is 2. The van der Waals surface area contributed by atoms with Crippen molar-refractivity contribution in [2.45, 2.75) is 183 Å². The highest BCUT2D eigenvalue weighted by molar-refractivity contribution is 6.13. The number of hydrogen-bond acceptors (Lipinski definition) is 6. The van der Waals surface area contributed by atoms with Gasteiger partial charge < -0.3 is 14.7 Å². The van der Waals surface area contributed by atoms with Crippen molar-refractivity contribution in [1.29, 1.82) is 0 Å². The molecule has 2 unspecified atom stereocenters. The van der Waals surface area contributed by atoms with Gasteiger partial charge in [0, 0.05) is 81.3 Å². The maximum absolute atomic E-state index is 13.8. The number of allylic oxidation sites excluding steroid dienone is 1. The number of Topliss-reactive ketones (excluding diaryl/α,β-unsaturated/α-hetero) is 2. The summed E-state index contributed by atoms with van der Waals surface area (Å²) in [7, 11) is 0. The monoisotopic (exact) mass is 831 g/mol. The van der Waals surface area contributed by atoms with E-state index in [4.69, 9.17) is 14.7 Å². The lowest BCUT2D eigenvalue weighted by Crippen LogP contribution is -2.10. The van der Waals surface area contributed by atoms with Gasteiger partial charge in [-0.3, -0.25) is 24.4 Å². The van der Waals surface area contributed by atoms with Gasteiger partial charge in [-0.15, -0.1) is 0 Å². The molecule has 1 aliphatic carbocycles. The molecule has 2 aliphatic heterocycles. The van der Waals surface area contributed by atoms with Crippen molar-refractivity contribution >= 4 is 39.6 Å². The first kappa shape index (κ1) is 46.2. The lowest BCUT2D eigenvalue weighted by atomic mass is 9.85. The van der Waals surface area contributed by atoms with E-state index >= 15 is 0 Å². The largest absolute Gasteiger partial charge is 0.461 e. The standard InChI is InChI=1S/C53H74N4O4/c1-12-39-34(7)42-29-47-50(38(11)58)36(9)44(55-47)27-43-35(8)40(52(56-43)41-26-48(59)51-37(10)45(57-53(41)51)28-46(39)54-42)22-23-49(60)61-25-24-33(6)21-15-20-32(5)19-14-18-31(4)17-13-16-30(2)3/h24,27-32,34-35,39-40,55,57H,12-23,25-26H2,1-11H3/b33-24+,42-29?,43-27?,44-27?,45-28?,46-28?,47-29?,52-41?/t31?,32?,34-,35+,39-,40+/m1/s1. The van der Waals surface area contributed by atoms with E-state index < -0.39 is 0 Å². The van der Waals surface area contributed by atoms with Crippen molar-refractivity contribution in [2.75, 3.05) is 6.61 Å². The van der Waals surface area contributed by atoms with Crippen LogP contribution in [-0.2, 0) is 16.0 Å². The molecule has 8 bridgehead atoms. The second-order valence-electron chi connectivity index (χ2n) is 19.6. The van der Waals surface area contributed by atoms with E-state index in [0.717, 1.165) is 104 Å². The van der Waals surface area contributed by atoms with Crippen LogP contribution in [0, 0.1) is 31.6 Å². The lowest BCUT2D eigenvalue weighted by molar-refractivity contribution is -0.142. The van der Waals surface area contributed by atoms with Crippen molar-refractivity contribution in [3.8, 4) is 0 Å². The molecule has 3 aromatic heterocycles. The van der Waals surface area contributed by atoms with Crippen LogP contribution in [0.15, 0.2) is 29.8 Å². The molecule has 6 rings (SSSR count). The molecule has 8 heteroatoms. The Morgan fingerprint density at radius 3 is 2.07 bits per heavy atom. The molecule has 8 nitrogen and oxygen atoms in total. The minimum absolute atomic E-state index is 0.00308. The number of carbonyl (C=O) groups is 3. The van der Waals surface area contributed by atoms with E-state index in [9.17, 15) is 14.4 Å². The van der Waals surface area contributed by atoms with Gasteiger partial charge in [-0.2, -0.15) is 0 Å². The number of fused-ring (bicyclic) bond motifs is 8. The number of nitrogens with one attached hydrogen (secondary N) is 2. The summed E-state index contributed by atoms with van der Waals surface area (Å²) in [5, 5.41) is 0. The summed E-state index contributed by atoms with van der Waals surface area (Å²) in [6, 6.07) is 6.21. The van der Waals surface area contributed by atoms with E-state index in [0.29, 0.717) is 12.0 Å². The van der Waals surface area contributed by atoms with Crippen LogP contribution in [0.5, 0.6) is 0 Å². The topological polar surface area (TPSA) is 118 Å². The number of ether oxygens (including phenoxy) is 1. The fourth-order valence-corrected chi connectivity index (χ4v) is 10.4. The molecule has 3 aromatic rings. The first-order valence-electron chi connectivity index (χ1n) is 23.7. The average Bonchev–Trinajstić information content (AvgIpc) is 3.95. The number of esters is 1. The number of carbonyl (C=O) groups excluding carboxylic acids is 3. The van der Waals surface area contributed by atoms with E-state index in [1.807, 2.05) is 19.9 Å². The smallest absolute Gasteiger partial charge is 0.306 e. The van der Waals surface area contributed by atoms with Crippen molar-refractivity contribution in [3.05, 3.63) is 80.4 Å². The summed E-state index contributed by atoms with van der Waals surface area (Å²) in [6.45, 7) is 24.0. The molecule has 0 fully saturated rings. The highest BCUT2D eigenvalue weighted by Crippen LogP contribution is 2.45. The number of aromatic nitrogens is 4. The first-order chi connectivity index (χ1) is 29.1. The molecular formula is C53H74N4O4. The Labute approximate surface area is 365 Å². The molecule has 0 aromatic carbocycles. The Balaban J connectivity index is 1.17. The van der Waals surface area contributed by atoms with Gasteiger partial charge in [0.25, 0.3) is 0 Å². The number of hydrogen-bond donors (Lipinski definition) is 2. The van der Waals surface area contributed by atoms with Crippen LogP contribution in [0.3, 0.4) is 0 Å². The van der Waals surface area contributed by atoms with Crippen LogP contribution < -0.4 is 0 Å². The van der Waals surface area contributed by atoms with Gasteiger partial charge in [0.15, 0.2) is 11.6 Å². The summed E-state index contributed by atoms with van der Waals surface area (Å²) in [4.78, 5) is 57.8. The highest BCUT2D eigenvalue weighted by Gasteiger charge is 2.36. The SMILES string of the molecule is CC[C@H]1c2cc3[nH]c4c(c5nc(cc6[nH]c(cc(n2)[C@@H]1C)c(C(C)=O)c6C)[C@@H](C)[C@@H]5CCC(=O)OC/C=C(\C)CCCC(C)CCCC(C)CCCC(C)C)CC(=O)c4c3C. The number of rotatable bonds is 19. The average molecular weight is 831 g/mol. The van der Waals surface area contributed by atoms with Gasteiger partial charge in [0.1, 0.15) is 6.61 Å². The minimum Gasteiger partial charge on any atom is -0.461 e. The summed E-state index contributed by atoms with van der Waals surface area (Å²) in [5.74, 6) is 2.47. The van der Waals surface area contributed by atoms with Crippen molar-refractivity contribution in [1.82, 2.24) is 19.9 Å². The molecule has 3 aliphatic rings. The first-order valence-corrected chi connectivity index (χ1v) is 23.7. The zero-order valence-corrected chi connectivity index (χ0v) is 39.3. The van der Waals surface area contributed by atoms with Crippen LogP contribution in [0.2, 0.25) is 0 Å². The highest BCUT2D eigenvalue weighted by atomic mass is 16.5. The minimum atomic E-state index is -0.223. The van der Waals surface area contributed by atoms with E-state index in [2.05, 4.69) is 83.6 Å². The third-order valence-corrected chi connectivity index (χ3v) is 14.4. The van der Waals surface area contributed by atoms with E-state index in [1.165, 1.54) is 50.5 Å². The van der Waals surface area contributed by atoms with E-state index in [-0.39, 0.29) is 60.7 Å². The molecule has 0 spiro atoms. The van der Waals surface area contributed by atoms with Crippen molar-refractivity contribution < 1.29 is 19.1 Å². The molecule has 330 valence electrons. The number of aromatic amines is 2. The summed E-state index contributed by atoms with van der Waals surface area (Å²) >= 11 is 0. The van der Waals surface area contributed by atoms with Gasteiger partial charge in [-0.1, -0.05) is 99.0 Å². The third-order valence-electron chi connectivity index (χ3n) is 14.4. The fraction of sp³-hybridized carbons (Fsp3) is 0.604. The molecule has 6 atom stereocenters. The van der Waals surface area contributed by atoms with Crippen molar-refractivity contribution in [3.63, 3.8) is 0 Å². The Bertz CT molecular complexity index is 2290. The van der Waals surface area contributed by atoms with Crippen LogP contribution >= 0.6 is 0 Å². The zero-order valence-electron chi connectivity index (χ0n) is 39.3. The van der Waals surface area contributed by atoms with Crippen LogP contribution in [0.1, 0.15) is 223 Å².